The van der Waals surface area contributed by atoms with Crippen LogP contribution in [0, 0.1) is 0 Å². The van der Waals surface area contributed by atoms with Crippen LogP contribution in [0.4, 0.5) is 0 Å². The predicted molar refractivity (Wildman–Crippen MR) is 106 cm³/mol. The Morgan fingerprint density at radius 2 is 1.38 bits per heavy atom. The molecule has 0 heterocycles. The van der Waals surface area contributed by atoms with Gasteiger partial charge in [0.1, 0.15) is 12.4 Å². The van der Waals surface area contributed by atoms with E-state index in [0.29, 0.717) is 6.61 Å². The molecule has 0 bridgehead atoms. The zero-order valence-corrected chi connectivity index (χ0v) is 15.1. The lowest BCUT2D eigenvalue weighted by Gasteiger charge is -2.16. The molecule has 2 nitrogen and oxygen atoms in total. The van der Waals surface area contributed by atoms with Crippen molar-refractivity contribution in [1.82, 2.24) is 0 Å². The van der Waals surface area contributed by atoms with E-state index in [-0.39, 0.29) is 5.78 Å². The van der Waals surface area contributed by atoms with Gasteiger partial charge in [0.05, 0.1) is 0 Å². The van der Waals surface area contributed by atoms with Crippen molar-refractivity contribution in [2.24, 2.45) is 0 Å². The van der Waals surface area contributed by atoms with Crippen molar-refractivity contribution in [1.29, 1.82) is 0 Å². The maximum atomic E-state index is 12.1. The van der Waals surface area contributed by atoms with Gasteiger partial charge in [0.2, 0.25) is 0 Å². The van der Waals surface area contributed by atoms with Crippen LogP contribution in [0.1, 0.15) is 40.9 Å². The Morgan fingerprint density at radius 3 is 2.04 bits per heavy atom. The first-order chi connectivity index (χ1) is 12.7. The van der Waals surface area contributed by atoms with Gasteiger partial charge in [-0.1, -0.05) is 78.9 Å². The molecular formula is C24H22O2. The fraction of sp³-hybridized carbons (Fsp3) is 0.125. The molecule has 130 valence electrons. The summed E-state index contributed by atoms with van der Waals surface area (Å²) in [6.45, 7) is 4.09. The van der Waals surface area contributed by atoms with Crippen molar-refractivity contribution in [3.05, 3.63) is 107 Å². The van der Waals surface area contributed by atoms with Gasteiger partial charge < -0.3 is 4.74 Å². The summed E-state index contributed by atoms with van der Waals surface area (Å²) in [5.41, 5.74) is 4.75. The van der Waals surface area contributed by atoms with E-state index < -0.39 is 0 Å². The number of rotatable bonds is 6. The van der Waals surface area contributed by atoms with Crippen LogP contribution in [0.25, 0.3) is 5.57 Å². The van der Waals surface area contributed by atoms with E-state index in [1.165, 1.54) is 0 Å². The van der Waals surface area contributed by atoms with Gasteiger partial charge in [-0.3, -0.25) is 4.79 Å². The van der Waals surface area contributed by atoms with Gasteiger partial charge in [0, 0.05) is 11.1 Å². The van der Waals surface area contributed by atoms with Crippen LogP contribution in [0.3, 0.4) is 0 Å². The molecule has 0 radical (unpaired) electrons. The molecule has 2 heteroatoms. The van der Waals surface area contributed by atoms with E-state index in [9.17, 15) is 4.79 Å². The minimum atomic E-state index is 0.0580. The summed E-state index contributed by atoms with van der Waals surface area (Å²) in [6.07, 6.45) is 2.03. The number of carbonyl (C=O) groups is 1. The Kier molecular flexibility index (Phi) is 5.65. The molecule has 0 amide bonds. The number of benzene rings is 3. The molecule has 3 rings (SSSR count). The minimum Gasteiger partial charge on any atom is -0.488 e. The zero-order chi connectivity index (χ0) is 18.4. The van der Waals surface area contributed by atoms with Crippen LogP contribution in [-0.4, -0.2) is 5.78 Å². The van der Waals surface area contributed by atoms with Crippen molar-refractivity contribution >= 4 is 11.4 Å². The molecule has 0 saturated heterocycles. The van der Waals surface area contributed by atoms with Crippen LogP contribution in [0.15, 0.2) is 84.9 Å². The SMILES string of the molecule is C/C=C(\c1ccccc1OCc1ccccc1)c1ccccc1C(C)=O. The molecular weight excluding hydrogens is 320 g/mol. The van der Waals surface area contributed by atoms with Crippen molar-refractivity contribution in [2.45, 2.75) is 20.5 Å². The number of carbonyl (C=O) groups excluding carboxylic acids is 1. The van der Waals surface area contributed by atoms with E-state index >= 15 is 0 Å². The lowest BCUT2D eigenvalue weighted by molar-refractivity contribution is 0.101. The topological polar surface area (TPSA) is 26.3 Å². The fourth-order valence-corrected chi connectivity index (χ4v) is 3.03. The highest BCUT2D eigenvalue weighted by Crippen LogP contribution is 2.33. The average Bonchev–Trinajstić information content (AvgIpc) is 2.69. The third kappa shape index (κ3) is 3.92. The van der Waals surface area contributed by atoms with Gasteiger partial charge in [-0.15, -0.1) is 0 Å². The number of ketones is 1. The Balaban J connectivity index is 1.97. The van der Waals surface area contributed by atoms with Crippen LogP contribution >= 0.6 is 0 Å². The van der Waals surface area contributed by atoms with Crippen LogP contribution in [0.2, 0.25) is 0 Å². The molecule has 0 aromatic heterocycles. The smallest absolute Gasteiger partial charge is 0.160 e. The quantitative estimate of drug-likeness (QED) is 0.520. The molecule has 0 saturated carbocycles. The van der Waals surface area contributed by atoms with Crippen LogP contribution in [0.5, 0.6) is 5.75 Å². The summed E-state index contributed by atoms with van der Waals surface area (Å²) in [5, 5.41) is 0. The van der Waals surface area contributed by atoms with Crippen LogP contribution in [-0.2, 0) is 6.61 Å². The van der Waals surface area contributed by atoms with Crippen molar-refractivity contribution in [3.8, 4) is 5.75 Å². The Bertz CT molecular complexity index is 924. The average molecular weight is 342 g/mol. The molecule has 26 heavy (non-hydrogen) atoms. The first-order valence-corrected chi connectivity index (χ1v) is 8.73. The molecule has 3 aromatic carbocycles. The number of hydrogen-bond acceptors (Lipinski definition) is 2. The summed E-state index contributed by atoms with van der Waals surface area (Å²) in [5.74, 6) is 0.866. The van der Waals surface area contributed by atoms with Crippen molar-refractivity contribution in [3.63, 3.8) is 0 Å². The van der Waals surface area contributed by atoms with Gasteiger partial charge in [-0.25, -0.2) is 0 Å². The molecule has 0 spiro atoms. The van der Waals surface area contributed by atoms with Gasteiger partial charge in [-0.05, 0) is 36.6 Å². The largest absolute Gasteiger partial charge is 0.488 e. The van der Waals surface area contributed by atoms with E-state index in [0.717, 1.165) is 33.6 Å². The first-order valence-electron chi connectivity index (χ1n) is 8.73. The third-order valence-corrected chi connectivity index (χ3v) is 4.30. The summed E-state index contributed by atoms with van der Waals surface area (Å²) >= 11 is 0. The van der Waals surface area contributed by atoms with Crippen LogP contribution < -0.4 is 4.74 Å². The molecule has 0 aliphatic rings. The number of allylic oxidation sites excluding steroid dienone is 1. The van der Waals surface area contributed by atoms with Gasteiger partial charge in [-0.2, -0.15) is 0 Å². The lowest BCUT2D eigenvalue weighted by Crippen LogP contribution is -2.02. The number of ether oxygens (including phenoxy) is 1. The standard InChI is InChI=1S/C24H22O2/c1-3-20(22-14-8-7-13-21(22)18(2)25)23-15-9-10-16-24(23)26-17-19-11-5-4-6-12-19/h3-16H,17H2,1-2H3/b20-3-. The molecule has 0 fully saturated rings. The second-order valence-electron chi connectivity index (χ2n) is 6.07. The highest BCUT2D eigenvalue weighted by Gasteiger charge is 2.15. The van der Waals surface area contributed by atoms with E-state index in [2.05, 4.69) is 0 Å². The highest BCUT2D eigenvalue weighted by atomic mass is 16.5. The predicted octanol–water partition coefficient (Wildman–Crippen LogP) is 5.92. The second-order valence-corrected chi connectivity index (χ2v) is 6.07. The van der Waals surface area contributed by atoms with E-state index in [4.69, 9.17) is 4.74 Å². The molecule has 3 aromatic rings. The molecule has 0 atom stereocenters. The minimum absolute atomic E-state index is 0.0580. The summed E-state index contributed by atoms with van der Waals surface area (Å²) in [7, 11) is 0. The molecule has 0 aliphatic carbocycles. The number of para-hydroxylation sites is 1. The third-order valence-electron chi connectivity index (χ3n) is 4.30. The number of hydrogen-bond donors (Lipinski definition) is 0. The number of Topliss-reactive ketones (excluding diaryl/α,β-unsaturated/α-hetero) is 1. The Hall–Kier alpha value is -3.13. The monoisotopic (exact) mass is 342 g/mol. The van der Waals surface area contributed by atoms with E-state index in [1.807, 2.05) is 91.9 Å². The highest BCUT2D eigenvalue weighted by molar-refractivity contribution is 6.01. The molecule has 0 N–H and O–H groups in total. The fourth-order valence-electron chi connectivity index (χ4n) is 3.03. The Labute approximate surface area is 154 Å². The lowest BCUT2D eigenvalue weighted by atomic mass is 9.92. The molecule has 0 unspecified atom stereocenters. The van der Waals surface area contributed by atoms with Crippen molar-refractivity contribution < 1.29 is 9.53 Å². The zero-order valence-electron chi connectivity index (χ0n) is 15.1. The van der Waals surface area contributed by atoms with E-state index in [1.54, 1.807) is 6.92 Å². The summed E-state index contributed by atoms with van der Waals surface area (Å²) in [6, 6.07) is 25.8. The van der Waals surface area contributed by atoms with Crippen molar-refractivity contribution in [2.75, 3.05) is 0 Å². The first kappa shape index (κ1) is 17.7. The maximum Gasteiger partial charge on any atom is 0.160 e. The maximum absolute atomic E-state index is 12.1. The van der Waals surface area contributed by atoms with Gasteiger partial charge in [0.25, 0.3) is 0 Å². The Morgan fingerprint density at radius 1 is 0.808 bits per heavy atom. The second kappa shape index (κ2) is 8.30. The summed E-state index contributed by atoms with van der Waals surface area (Å²) < 4.78 is 6.10. The van der Waals surface area contributed by atoms with Gasteiger partial charge in [0.15, 0.2) is 5.78 Å². The normalized spacial score (nSPS) is 11.2. The summed E-state index contributed by atoms with van der Waals surface area (Å²) in [4.78, 5) is 12.1. The van der Waals surface area contributed by atoms with Gasteiger partial charge >= 0.3 is 0 Å². The molecule has 0 aliphatic heterocycles.